The van der Waals surface area contributed by atoms with E-state index in [4.69, 9.17) is 21.4 Å². The van der Waals surface area contributed by atoms with Crippen LogP contribution in [0, 0.1) is 0 Å². The van der Waals surface area contributed by atoms with E-state index in [0.29, 0.717) is 35.7 Å². The molecule has 166 valence electrons. The topological polar surface area (TPSA) is 92.6 Å². The lowest BCUT2D eigenvalue weighted by molar-refractivity contribution is 0.0946. The fraction of sp³-hybridized carbons (Fsp3) is 0.208. The van der Waals surface area contributed by atoms with Gasteiger partial charge in [-0.15, -0.1) is 0 Å². The second-order valence-corrected chi connectivity index (χ2v) is 7.38. The first-order valence-corrected chi connectivity index (χ1v) is 10.7. The highest BCUT2D eigenvalue weighted by atomic mass is 32.1. The summed E-state index contributed by atoms with van der Waals surface area (Å²) in [6, 6.07) is 17.2. The van der Waals surface area contributed by atoms with Crippen LogP contribution in [0.3, 0.4) is 0 Å². The molecule has 8 heteroatoms. The van der Waals surface area contributed by atoms with Crippen LogP contribution in [0.5, 0.6) is 5.75 Å². The first kappa shape index (κ1) is 23.0. The maximum Gasteiger partial charge on any atom is 0.257 e. The molecule has 32 heavy (non-hydrogen) atoms. The van der Waals surface area contributed by atoms with Crippen LogP contribution in [0.1, 0.15) is 46.2 Å². The molecular formula is C24H25N3O4S. The van der Waals surface area contributed by atoms with E-state index in [1.54, 1.807) is 66.9 Å². The molecule has 0 aliphatic carbocycles. The molecule has 2 aromatic carbocycles. The summed E-state index contributed by atoms with van der Waals surface area (Å²) in [6.07, 6.45) is 3.60. The van der Waals surface area contributed by atoms with Crippen molar-refractivity contribution in [1.29, 1.82) is 0 Å². The van der Waals surface area contributed by atoms with Gasteiger partial charge in [-0.1, -0.05) is 13.3 Å². The van der Waals surface area contributed by atoms with Gasteiger partial charge in [0, 0.05) is 16.8 Å². The minimum absolute atomic E-state index is 0.160. The molecule has 0 aliphatic heterocycles. The number of hydrogen-bond acceptors (Lipinski definition) is 5. The number of furan rings is 1. The predicted octanol–water partition coefficient (Wildman–Crippen LogP) is 4.52. The van der Waals surface area contributed by atoms with Crippen molar-refractivity contribution in [2.75, 3.05) is 11.9 Å². The number of thiocarbonyl (C=S) groups is 1. The first-order valence-electron chi connectivity index (χ1n) is 10.3. The molecule has 0 saturated heterocycles. The largest absolute Gasteiger partial charge is 0.494 e. The van der Waals surface area contributed by atoms with E-state index in [2.05, 4.69) is 22.9 Å². The lowest BCUT2D eigenvalue weighted by atomic mass is 10.2. The van der Waals surface area contributed by atoms with Crippen molar-refractivity contribution in [2.45, 2.75) is 26.3 Å². The molecule has 0 aliphatic rings. The van der Waals surface area contributed by atoms with Gasteiger partial charge in [0.1, 0.15) is 11.5 Å². The minimum Gasteiger partial charge on any atom is -0.494 e. The molecule has 0 spiro atoms. The number of ether oxygens (including phenoxy) is 1. The van der Waals surface area contributed by atoms with Gasteiger partial charge in [-0.2, -0.15) is 0 Å². The van der Waals surface area contributed by atoms with E-state index in [1.807, 2.05) is 0 Å². The normalized spacial score (nSPS) is 10.3. The molecule has 0 radical (unpaired) electrons. The maximum atomic E-state index is 12.4. The van der Waals surface area contributed by atoms with Crippen molar-refractivity contribution >= 4 is 34.8 Å². The Kier molecular flexibility index (Phi) is 8.39. The minimum atomic E-state index is -0.323. The third-order valence-corrected chi connectivity index (χ3v) is 4.72. The van der Waals surface area contributed by atoms with E-state index in [-0.39, 0.29) is 16.9 Å². The zero-order valence-electron chi connectivity index (χ0n) is 17.7. The highest BCUT2D eigenvalue weighted by Crippen LogP contribution is 2.13. The Morgan fingerprint density at radius 2 is 1.66 bits per heavy atom. The smallest absolute Gasteiger partial charge is 0.257 e. The highest BCUT2D eigenvalue weighted by molar-refractivity contribution is 7.80. The van der Waals surface area contributed by atoms with Gasteiger partial charge in [-0.25, -0.2) is 0 Å². The van der Waals surface area contributed by atoms with Gasteiger partial charge in [0.05, 0.1) is 19.4 Å². The van der Waals surface area contributed by atoms with Crippen molar-refractivity contribution < 1.29 is 18.7 Å². The lowest BCUT2D eigenvalue weighted by Gasteiger charge is -2.11. The third-order valence-electron chi connectivity index (χ3n) is 4.52. The first-order chi connectivity index (χ1) is 15.5. The summed E-state index contributed by atoms with van der Waals surface area (Å²) in [5, 5.41) is 8.52. The number of anilines is 1. The van der Waals surface area contributed by atoms with Gasteiger partial charge in [0.2, 0.25) is 0 Å². The molecule has 0 bridgehead atoms. The Hall–Kier alpha value is -3.65. The lowest BCUT2D eigenvalue weighted by Crippen LogP contribution is -2.34. The zero-order chi connectivity index (χ0) is 22.8. The van der Waals surface area contributed by atoms with Crippen LogP contribution in [0.2, 0.25) is 0 Å². The second-order valence-electron chi connectivity index (χ2n) is 6.97. The van der Waals surface area contributed by atoms with Crippen molar-refractivity contribution in [2.24, 2.45) is 0 Å². The Morgan fingerprint density at radius 1 is 0.969 bits per heavy atom. The molecule has 7 nitrogen and oxygen atoms in total. The fourth-order valence-corrected chi connectivity index (χ4v) is 2.97. The molecule has 1 aromatic heterocycles. The number of carbonyl (C=O) groups excluding carboxylic acids is 2. The molecule has 3 rings (SSSR count). The Labute approximate surface area is 192 Å². The van der Waals surface area contributed by atoms with Crippen LogP contribution in [-0.2, 0) is 6.54 Å². The molecule has 0 unspecified atom stereocenters. The van der Waals surface area contributed by atoms with Crippen molar-refractivity contribution in [1.82, 2.24) is 10.6 Å². The number of unbranched alkanes of at least 4 members (excludes halogenated alkanes) is 1. The van der Waals surface area contributed by atoms with E-state index in [0.717, 1.165) is 18.6 Å². The van der Waals surface area contributed by atoms with Crippen LogP contribution in [0.4, 0.5) is 5.69 Å². The van der Waals surface area contributed by atoms with Gasteiger partial charge in [-0.3, -0.25) is 14.9 Å². The zero-order valence-corrected chi connectivity index (χ0v) is 18.5. The molecular weight excluding hydrogens is 426 g/mol. The average molecular weight is 452 g/mol. The summed E-state index contributed by atoms with van der Waals surface area (Å²) < 4.78 is 10.8. The number of hydrogen-bond donors (Lipinski definition) is 3. The Bertz CT molecular complexity index is 1030. The van der Waals surface area contributed by atoms with Crippen LogP contribution in [-0.4, -0.2) is 23.5 Å². The summed E-state index contributed by atoms with van der Waals surface area (Å²) in [5.41, 5.74) is 1.62. The Balaban J connectivity index is 1.46. The van der Waals surface area contributed by atoms with E-state index in [9.17, 15) is 9.59 Å². The molecule has 0 saturated carbocycles. The molecule has 0 fully saturated rings. The molecule has 0 atom stereocenters. The number of rotatable bonds is 9. The summed E-state index contributed by atoms with van der Waals surface area (Å²) in [4.78, 5) is 24.6. The SMILES string of the molecule is CCCCOc1ccc(C(=O)NC(=S)Nc2ccc(C(=O)NCc3ccco3)cc2)cc1. The molecule has 1 heterocycles. The van der Waals surface area contributed by atoms with Crippen LogP contribution in [0.15, 0.2) is 71.3 Å². The predicted molar refractivity (Wildman–Crippen MR) is 127 cm³/mol. The van der Waals surface area contributed by atoms with Crippen LogP contribution < -0.4 is 20.7 Å². The number of nitrogens with one attached hydrogen (secondary N) is 3. The van der Waals surface area contributed by atoms with E-state index < -0.39 is 0 Å². The Morgan fingerprint density at radius 3 is 2.31 bits per heavy atom. The van der Waals surface area contributed by atoms with Gasteiger partial charge in [0.25, 0.3) is 11.8 Å². The van der Waals surface area contributed by atoms with Crippen LogP contribution >= 0.6 is 12.2 Å². The highest BCUT2D eigenvalue weighted by Gasteiger charge is 2.10. The van der Waals surface area contributed by atoms with Crippen LogP contribution in [0.25, 0.3) is 0 Å². The number of carbonyl (C=O) groups is 2. The number of benzene rings is 2. The van der Waals surface area contributed by atoms with Gasteiger partial charge >= 0.3 is 0 Å². The summed E-state index contributed by atoms with van der Waals surface area (Å²) >= 11 is 5.22. The summed E-state index contributed by atoms with van der Waals surface area (Å²) in [6.45, 7) is 3.07. The van der Waals surface area contributed by atoms with Gasteiger partial charge in [0.15, 0.2) is 5.11 Å². The molecule has 2 amide bonds. The van der Waals surface area contributed by atoms with Crippen molar-refractivity contribution in [3.63, 3.8) is 0 Å². The van der Waals surface area contributed by atoms with Gasteiger partial charge in [-0.05, 0) is 79.3 Å². The van der Waals surface area contributed by atoms with Gasteiger partial charge < -0.3 is 19.8 Å². The second kappa shape index (κ2) is 11.7. The standard InChI is InChI=1S/C24H25N3O4S/c1-2-3-14-30-20-12-8-18(9-13-20)23(29)27-24(32)26-19-10-6-17(7-11-19)22(28)25-16-21-5-4-15-31-21/h4-13,15H,2-3,14,16H2,1H3,(H,25,28)(H2,26,27,29,32). The van der Waals surface area contributed by atoms with E-state index in [1.165, 1.54) is 0 Å². The number of amides is 2. The summed E-state index contributed by atoms with van der Waals surface area (Å²) in [7, 11) is 0. The molecule has 3 aromatic rings. The average Bonchev–Trinajstić information content (AvgIpc) is 3.32. The molecule has 3 N–H and O–H groups in total. The third kappa shape index (κ3) is 6.95. The van der Waals surface area contributed by atoms with E-state index >= 15 is 0 Å². The maximum absolute atomic E-state index is 12.4. The van der Waals surface area contributed by atoms with Crippen molar-refractivity contribution in [3.8, 4) is 5.75 Å². The quantitative estimate of drug-likeness (QED) is 0.327. The summed E-state index contributed by atoms with van der Waals surface area (Å²) in [5.74, 6) is 0.864. The fourth-order valence-electron chi connectivity index (χ4n) is 2.76. The monoisotopic (exact) mass is 451 g/mol. The van der Waals surface area contributed by atoms with Crippen molar-refractivity contribution in [3.05, 3.63) is 83.8 Å².